The monoisotopic (exact) mass is 396 g/mol. The number of nitrogens with one attached hydrogen (secondary N) is 2. The summed E-state index contributed by atoms with van der Waals surface area (Å²) in [7, 11) is -3.67. The summed E-state index contributed by atoms with van der Waals surface area (Å²) in [6.45, 7) is 2.46. The molecule has 1 saturated carbocycles. The van der Waals surface area contributed by atoms with E-state index < -0.39 is 10.0 Å². The summed E-state index contributed by atoms with van der Waals surface area (Å²) >= 11 is 0.987. The van der Waals surface area contributed by atoms with Crippen molar-refractivity contribution >= 4 is 38.7 Å². The number of hydrogen-bond donors (Lipinski definition) is 2. The van der Waals surface area contributed by atoms with Gasteiger partial charge in [0, 0.05) is 19.0 Å². The van der Waals surface area contributed by atoms with Crippen LogP contribution < -0.4 is 10.0 Å². The molecule has 9 heteroatoms. The lowest BCUT2D eigenvalue weighted by Crippen LogP contribution is -2.37. The summed E-state index contributed by atoms with van der Waals surface area (Å²) in [5.74, 6) is 0.740. The van der Waals surface area contributed by atoms with E-state index in [9.17, 15) is 13.2 Å². The van der Waals surface area contributed by atoms with E-state index in [1.807, 2.05) is 0 Å². The number of sulfonamides is 1. The smallest absolute Gasteiger partial charge is 0.242 e. The van der Waals surface area contributed by atoms with E-state index in [0.717, 1.165) is 43.3 Å². The topological polar surface area (TPSA) is 101 Å². The molecule has 0 unspecified atom stereocenters. The third-order valence-corrected chi connectivity index (χ3v) is 6.83. The molecule has 1 fully saturated rings. The van der Waals surface area contributed by atoms with E-state index in [-0.39, 0.29) is 23.4 Å². The molecule has 1 heterocycles. The van der Waals surface area contributed by atoms with Crippen LogP contribution in [-0.4, -0.2) is 35.7 Å². The number of fused-ring (bicyclic) bond motifs is 1. The molecule has 1 amide bonds. The van der Waals surface area contributed by atoms with Gasteiger partial charge in [-0.1, -0.05) is 13.0 Å². The number of nitrogens with zero attached hydrogens (tertiary/aromatic N) is 2. The van der Waals surface area contributed by atoms with Crippen LogP contribution in [0.15, 0.2) is 23.1 Å². The van der Waals surface area contributed by atoms with Crippen LogP contribution in [0.1, 0.15) is 45.4 Å². The predicted molar refractivity (Wildman–Crippen MR) is 101 cm³/mol. The van der Waals surface area contributed by atoms with Gasteiger partial charge in [-0.25, -0.2) is 13.1 Å². The first-order valence-electron chi connectivity index (χ1n) is 8.96. The quantitative estimate of drug-likeness (QED) is 0.700. The van der Waals surface area contributed by atoms with E-state index in [1.54, 1.807) is 12.1 Å². The largest absolute Gasteiger partial charge is 0.353 e. The van der Waals surface area contributed by atoms with Gasteiger partial charge < -0.3 is 5.32 Å². The van der Waals surface area contributed by atoms with Gasteiger partial charge in [-0.2, -0.15) is 8.75 Å². The van der Waals surface area contributed by atoms with E-state index in [2.05, 4.69) is 25.7 Å². The first-order valence-corrected chi connectivity index (χ1v) is 11.2. The lowest BCUT2D eigenvalue weighted by atomic mass is 9.87. The Labute approximate surface area is 158 Å². The summed E-state index contributed by atoms with van der Waals surface area (Å²) in [5, 5.41) is 3.06. The minimum absolute atomic E-state index is 0.00504. The molecule has 26 heavy (non-hydrogen) atoms. The number of rotatable bonds is 7. The molecular weight excluding hydrogens is 372 g/mol. The fourth-order valence-corrected chi connectivity index (χ4v) is 5.07. The Morgan fingerprint density at radius 2 is 2.00 bits per heavy atom. The van der Waals surface area contributed by atoms with Crippen molar-refractivity contribution in [1.82, 2.24) is 18.8 Å². The molecule has 0 atom stereocenters. The molecule has 2 aromatic rings. The predicted octanol–water partition coefficient (Wildman–Crippen LogP) is 2.44. The zero-order chi connectivity index (χ0) is 18.6. The molecule has 142 valence electrons. The SMILES string of the molecule is CC1CCC(NC(=O)CCCNS(=O)(=O)c2cccc3nsnc23)CC1. The van der Waals surface area contributed by atoms with Gasteiger partial charge in [-0.05, 0) is 50.2 Å². The second kappa shape index (κ2) is 8.41. The Kier molecular flexibility index (Phi) is 6.20. The van der Waals surface area contributed by atoms with Crippen LogP contribution in [0.25, 0.3) is 11.0 Å². The number of aromatic nitrogens is 2. The fourth-order valence-electron chi connectivity index (χ4n) is 3.24. The number of carbonyl (C=O) groups excluding carboxylic acids is 1. The highest BCUT2D eigenvalue weighted by atomic mass is 32.2. The molecule has 7 nitrogen and oxygen atoms in total. The van der Waals surface area contributed by atoms with E-state index in [1.165, 1.54) is 6.07 Å². The molecule has 1 aromatic carbocycles. The van der Waals surface area contributed by atoms with Gasteiger partial charge in [-0.15, -0.1) is 0 Å². The number of amides is 1. The molecule has 0 aliphatic heterocycles. The molecule has 0 spiro atoms. The Hall–Kier alpha value is -1.58. The van der Waals surface area contributed by atoms with Gasteiger partial charge in [0.05, 0.1) is 11.7 Å². The normalized spacial score (nSPS) is 21.0. The van der Waals surface area contributed by atoms with E-state index >= 15 is 0 Å². The summed E-state index contributed by atoms with van der Waals surface area (Å²) in [6.07, 6.45) is 5.15. The lowest BCUT2D eigenvalue weighted by molar-refractivity contribution is -0.122. The highest BCUT2D eigenvalue weighted by molar-refractivity contribution is 7.89. The first kappa shape index (κ1) is 19.2. The van der Waals surface area contributed by atoms with Crippen LogP contribution in [0, 0.1) is 5.92 Å². The minimum Gasteiger partial charge on any atom is -0.353 e. The van der Waals surface area contributed by atoms with Crippen molar-refractivity contribution in [2.45, 2.75) is 56.4 Å². The van der Waals surface area contributed by atoms with Gasteiger partial charge >= 0.3 is 0 Å². The van der Waals surface area contributed by atoms with Crippen LogP contribution in [-0.2, 0) is 14.8 Å². The maximum atomic E-state index is 12.5. The zero-order valence-electron chi connectivity index (χ0n) is 14.8. The zero-order valence-corrected chi connectivity index (χ0v) is 16.4. The van der Waals surface area contributed by atoms with Crippen molar-refractivity contribution in [2.75, 3.05) is 6.54 Å². The van der Waals surface area contributed by atoms with Gasteiger partial charge in [0.15, 0.2) is 0 Å². The Morgan fingerprint density at radius 1 is 1.23 bits per heavy atom. The highest BCUT2D eigenvalue weighted by Crippen LogP contribution is 2.23. The van der Waals surface area contributed by atoms with E-state index in [4.69, 9.17) is 0 Å². The van der Waals surface area contributed by atoms with Crippen molar-refractivity contribution in [2.24, 2.45) is 5.92 Å². The van der Waals surface area contributed by atoms with E-state index in [0.29, 0.717) is 23.9 Å². The minimum atomic E-state index is -3.67. The molecule has 3 rings (SSSR count). The van der Waals surface area contributed by atoms with Crippen molar-refractivity contribution in [3.8, 4) is 0 Å². The molecule has 0 saturated heterocycles. The maximum Gasteiger partial charge on any atom is 0.242 e. The van der Waals surface area contributed by atoms with Gasteiger partial charge in [-0.3, -0.25) is 4.79 Å². The summed E-state index contributed by atoms with van der Waals surface area (Å²) in [5.41, 5.74) is 0.952. The molecule has 1 aromatic heterocycles. The molecule has 1 aliphatic carbocycles. The number of hydrogen-bond acceptors (Lipinski definition) is 6. The van der Waals surface area contributed by atoms with Crippen molar-refractivity contribution < 1.29 is 13.2 Å². The Balaban J connectivity index is 1.45. The summed E-state index contributed by atoms with van der Waals surface area (Å²) in [6, 6.07) is 5.17. The molecular formula is C17H24N4O3S2. The molecule has 1 aliphatic rings. The van der Waals surface area contributed by atoms with Gasteiger partial charge in [0.25, 0.3) is 0 Å². The second-order valence-corrected chi connectivity index (χ2v) is 9.18. The second-order valence-electron chi connectivity index (χ2n) is 6.91. The molecule has 0 radical (unpaired) electrons. The average Bonchev–Trinajstić information content (AvgIpc) is 3.09. The van der Waals surface area contributed by atoms with Crippen LogP contribution in [0.2, 0.25) is 0 Å². The van der Waals surface area contributed by atoms with Gasteiger partial charge in [0.1, 0.15) is 15.9 Å². The molecule has 2 N–H and O–H groups in total. The lowest BCUT2D eigenvalue weighted by Gasteiger charge is -2.26. The van der Waals surface area contributed by atoms with Crippen LogP contribution in [0.5, 0.6) is 0 Å². The number of benzene rings is 1. The van der Waals surface area contributed by atoms with Crippen LogP contribution in [0.3, 0.4) is 0 Å². The highest BCUT2D eigenvalue weighted by Gasteiger charge is 2.21. The fraction of sp³-hybridized carbons (Fsp3) is 0.588. The van der Waals surface area contributed by atoms with Crippen LogP contribution >= 0.6 is 11.7 Å². The van der Waals surface area contributed by atoms with Crippen LogP contribution in [0.4, 0.5) is 0 Å². The molecule has 0 bridgehead atoms. The van der Waals surface area contributed by atoms with Crippen molar-refractivity contribution in [1.29, 1.82) is 0 Å². The van der Waals surface area contributed by atoms with Crippen molar-refractivity contribution in [3.63, 3.8) is 0 Å². The average molecular weight is 397 g/mol. The van der Waals surface area contributed by atoms with Gasteiger partial charge in [0.2, 0.25) is 15.9 Å². The Bertz CT molecular complexity index is 858. The van der Waals surface area contributed by atoms with Crippen molar-refractivity contribution in [3.05, 3.63) is 18.2 Å². The maximum absolute atomic E-state index is 12.5. The number of carbonyl (C=O) groups is 1. The third-order valence-electron chi connectivity index (χ3n) is 4.79. The summed E-state index contributed by atoms with van der Waals surface area (Å²) < 4.78 is 35.6. The first-order chi connectivity index (χ1) is 12.5. The Morgan fingerprint density at radius 3 is 2.77 bits per heavy atom. The third kappa shape index (κ3) is 4.77. The summed E-state index contributed by atoms with van der Waals surface area (Å²) in [4.78, 5) is 12.2. The standard InChI is InChI=1S/C17H24N4O3S2/c1-12-7-9-13(10-8-12)19-16(22)6-3-11-18-26(23,24)15-5-2-4-14-17(15)21-25-20-14/h2,4-5,12-13,18H,3,6-11H2,1H3,(H,19,22).